The third-order valence-electron chi connectivity index (χ3n) is 2.87. The van der Waals surface area contributed by atoms with Crippen LogP contribution in [0.4, 0.5) is 17.1 Å². The van der Waals surface area contributed by atoms with Crippen LogP contribution in [-0.2, 0) is 0 Å². The van der Waals surface area contributed by atoms with Crippen molar-refractivity contribution in [1.82, 2.24) is 15.0 Å². The molecule has 6 nitrogen and oxygen atoms in total. The Morgan fingerprint density at radius 2 is 1.67 bits per heavy atom. The van der Waals surface area contributed by atoms with Crippen molar-refractivity contribution < 1.29 is 0 Å². The van der Waals surface area contributed by atoms with Crippen molar-refractivity contribution in [2.45, 2.75) is 0 Å². The van der Waals surface area contributed by atoms with Crippen LogP contribution in [0.2, 0.25) is 0 Å². The van der Waals surface area contributed by atoms with Crippen LogP contribution in [0.5, 0.6) is 0 Å². The standard InChI is InChI=1S/C12H14N6/c13-6-3-9(17-5-6)12-8(15)4-10(18-12)11-7(14)1-2-16-11/h1-5,16-18H,13-15H2. The molecular formula is C12H14N6. The van der Waals surface area contributed by atoms with Gasteiger partial charge < -0.3 is 32.2 Å². The van der Waals surface area contributed by atoms with Gasteiger partial charge in [0.15, 0.2) is 0 Å². The first-order valence-corrected chi connectivity index (χ1v) is 5.51. The van der Waals surface area contributed by atoms with Crippen molar-refractivity contribution in [2.24, 2.45) is 0 Å². The second-order valence-corrected chi connectivity index (χ2v) is 4.17. The molecule has 0 saturated carbocycles. The predicted octanol–water partition coefficient (Wildman–Crippen LogP) is 1.75. The summed E-state index contributed by atoms with van der Waals surface area (Å²) < 4.78 is 0. The van der Waals surface area contributed by atoms with E-state index in [0.717, 1.165) is 22.8 Å². The molecule has 3 rings (SSSR count). The zero-order valence-corrected chi connectivity index (χ0v) is 9.62. The number of aromatic nitrogens is 3. The number of H-pyrrole nitrogens is 3. The third-order valence-corrected chi connectivity index (χ3v) is 2.87. The normalized spacial score (nSPS) is 10.9. The van der Waals surface area contributed by atoms with Gasteiger partial charge in [0.2, 0.25) is 0 Å². The molecule has 6 heteroatoms. The van der Waals surface area contributed by atoms with Gasteiger partial charge in [-0.25, -0.2) is 0 Å². The Hall–Kier alpha value is -2.76. The minimum absolute atomic E-state index is 0.640. The Bertz CT molecular complexity index is 687. The van der Waals surface area contributed by atoms with Crippen molar-refractivity contribution in [3.05, 3.63) is 30.6 Å². The van der Waals surface area contributed by atoms with Crippen LogP contribution in [0.25, 0.3) is 22.8 Å². The third kappa shape index (κ3) is 1.51. The molecule has 92 valence electrons. The maximum Gasteiger partial charge on any atom is 0.0858 e. The lowest BCUT2D eigenvalue weighted by atomic mass is 10.2. The number of hydrogen-bond acceptors (Lipinski definition) is 3. The largest absolute Gasteiger partial charge is 0.397 e. The zero-order valence-electron chi connectivity index (χ0n) is 9.62. The van der Waals surface area contributed by atoms with E-state index in [1.165, 1.54) is 0 Å². The van der Waals surface area contributed by atoms with E-state index in [0.29, 0.717) is 17.1 Å². The van der Waals surface area contributed by atoms with Gasteiger partial charge >= 0.3 is 0 Å². The van der Waals surface area contributed by atoms with Gasteiger partial charge in [0.1, 0.15) is 0 Å². The van der Waals surface area contributed by atoms with E-state index in [-0.39, 0.29) is 0 Å². The van der Waals surface area contributed by atoms with Gasteiger partial charge in [0.05, 0.1) is 34.2 Å². The number of nitrogens with two attached hydrogens (primary N) is 3. The molecule has 0 fully saturated rings. The molecular weight excluding hydrogens is 228 g/mol. The van der Waals surface area contributed by atoms with Gasteiger partial charge in [-0.15, -0.1) is 0 Å². The molecule has 0 aliphatic carbocycles. The summed E-state index contributed by atoms with van der Waals surface area (Å²) in [5.74, 6) is 0. The van der Waals surface area contributed by atoms with Gasteiger partial charge in [-0.2, -0.15) is 0 Å². The second-order valence-electron chi connectivity index (χ2n) is 4.17. The van der Waals surface area contributed by atoms with Crippen LogP contribution >= 0.6 is 0 Å². The Balaban J connectivity index is 2.09. The highest BCUT2D eigenvalue weighted by atomic mass is 14.9. The molecule has 0 unspecified atom stereocenters. The van der Waals surface area contributed by atoms with Crippen LogP contribution in [-0.4, -0.2) is 15.0 Å². The van der Waals surface area contributed by atoms with Gasteiger partial charge in [-0.05, 0) is 18.2 Å². The molecule has 0 amide bonds. The lowest BCUT2D eigenvalue weighted by molar-refractivity contribution is 1.30. The molecule has 0 spiro atoms. The molecule has 0 bridgehead atoms. The summed E-state index contributed by atoms with van der Waals surface area (Å²) in [5.41, 5.74) is 22.8. The molecule has 0 aliphatic rings. The summed E-state index contributed by atoms with van der Waals surface area (Å²) in [5, 5.41) is 0. The minimum atomic E-state index is 0.640. The molecule has 0 saturated heterocycles. The molecule has 0 atom stereocenters. The molecule has 9 N–H and O–H groups in total. The van der Waals surface area contributed by atoms with Crippen molar-refractivity contribution in [2.75, 3.05) is 17.2 Å². The summed E-state index contributed by atoms with van der Waals surface area (Å²) in [6, 6.07) is 5.47. The van der Waals surface area contributed by atoms with E-state index < -0.39 is 0 Å². The van der Waals surface area contributed by atoms with Gasteiger partial charge in [0, 0.05) is 18.1 Å². The molecule has 0 aliphatic heterocycles. The second kappa shape index (κ2) is 3.63. The molecule has 18 heavy (non-hydrogen) atoms. The first kappa shape index (κ1) is 10.4. The Morgan fingerprint density at radius 3 is 2.28 bits per heavy atom. The van der Waals surface area contributed by atoms with Crippen LogP contribution in [0.1, 0.15) is 0 Å². The number of hydrogen-bond donors (Lipinski definition) is 6. The summed E-state index contributed by atoms with van der Waals surface area (Å²) >= 11 is 0. The maximum absolute atomic E-state index is 5.99. The fourth-order valence-electron chi connectivity index (χ4n) is 2.00. The predicted molar refractivity (Wildman–Crippen MR) is 73.6 cm³/mol. The van der Waals surface area contributed by atoms with E-state index >= 15 is 0 Å². The monoisotopic (exact) mass is 242 g/mol. The minimum Gasteiger partial charge on any atom is -0.397 e. The van der Waals surface area contributed by atoms with Crippen LogP contribution in [0, 0.1) is 0 Å². The van der Waals surface area contributed by atoms with Crippen molar-refractivity contribution in [3.8, 4) is 22.8 Å². The topological polar surface area (TPSA) is 125 Å². The summed E-state index contributed by atoms with van der Waals surface area (Å²) in [6.45, 7) is 0. The highest BCUT2D eigenvalue weighted by molar-refractivity contribution is 5.81. The summed E-state index contributed by atoms with van der Waals surface area (Å²) in [6.07, 6.45) is 3.51. The van der Waals surface area contributed by atoms with E-state index in [4.69, 9.17) is 17.2 Å². The average molecular weight is 242 g/mol. The van der Waals surface area contributed by atoms with Gasteiger partial charge in [0.25, 0.3) is 0 Å². The van der Waals surface area contributed by atoms with Gasteiger partial charge in [-0.1, -0.05) is 0 Å². The van der Waals surface area contributed by atoms with Crippen LogP contribution in [0.3, 0.4) is 0 Å². The number of nitrogens with one attached hydrogen (secondary N) is 3. The molecule has 3 aromatic heterocycles. The number of anilines is 3. The Labute approximate surface area is 103 Å². The SMILES string of the molecule is Nc1c[nH]c(-c2[nH]c(-c3[nH]ccc3N)cc2N)c1. The van der Waals surface area contributed by atoms with E-state index in [1.807, 2.05) is 12.1 Å². The lowest BCUT2D eigenvalue weighted by Crippen LogP contribution is -1.87. The number of aromatic amines is 3. The Kier molecular flexibility index (Phi) is 2.09. The maximum atomic E-state index is 5.99. The first-order chi connectivity index (χ1) is 8.65. The van der Waals surface area contributed by atoms with Crippen LogP contribution in [0.15, 0.2) is 30.6 Å². The summed E-state index contributed by atoms with van der Waals surface area (Å²) in [7, 11) is 0. The average Bonchev–Trinajstić information content (AvgIpc) is 2.99. The number of nitrogen functional groups attached to an aromatic ring is 3. The molecule has 3 aromatic rings. The van der Waals surface area contributed by atoms with Crippen molar-refractivity contribution >= 4 is 17.1 Å². The van der Waals surface area contributed by atoms with Crippen LogP contribution < -0.4 is 17.2 Å². The smallest absolute Gasteiger partial charge is 0.0858 e. The van der Waals surface area contributed by atoms with Gasteiger partial charge in [-0.3, -0.25) is 0 Å². The first-order valence-electron chi connectivity index (χ1n) is 5.51. The zero-order chi connectivity index (χ0) is 12.7. The summed E-state index contributed by atoms with van der Waals surface area (Å²) in [4.78, 5) is 9.36. The van der Waals surface area contributed by atoms with E-state index in [9.17, 15) is 0 Å². The highest BCUT2D eigenvalue weighted by Crippen LogP contribution is 2.32. The van der Waals surface area contributed by atoms with E-state index in [1.54, 1.807) is 18.5 Å². The molecule has 3 heterocycles. The quantitative estimate of drug-likeness (QED) is 0.410. The fourth-order valence-corrected chi connectivity index (χ4v) is 2.00. The molecule has 0 radical (unpaired) electrons. The lowest BCUT2D eigenvalue weighted by Gasteiger charge is -1.97. The Morgan fingerprint density at radius 1 is 0.833 bits per heavy atom. The van der Waals surface area contributed by atoms with E-state index in [2.05, 4.69) is 15.0 Å². The van der Waals surface area contributed by atoms with Crippen molar-refractivity contribution in [1.29, 1.82) is 0 Å². The highest BCUT2D eigenvalue weighted by Gasteiger charge is 2.12. The molecule has 0 aromatic carbocycles. The van der Waals surface area contributed by atoms with Crippen molar-refractivity contribution in [3.63, 3.8) is 0 Å². The number of rotatable bonds is 2. The fraction of sp³-hybridized carbons (Fsp3) is 0.